The molecule has 138 valence electrons. The molecule has 1 N–H and O–H groups in total. The molecule has 6 heteroatoms. The normalized spacial score (nSPS) is 17.3. The first-order valence-corrected chi connectivity index (χ1v) is 9.01. The average molecular weight is 356 g/mol. The summed E-state index contributed by atoms with van der Waals surface area (Å²) in [5.41, 5.74) is 2.77. The van der Waals surface area contributed by atoms with Crippen LogP contribution in [0.1, 0.15) is 30.9 Å². The number of anilines is 3. The first-order valence-electron chi connectivity index (χ1n) is 9.01. The summed E-state index contributed by atoms with van der Waals surface area (Å²) in [5.74, 6) is -0.498. The highest BCUT2D eigenvalue weighted by atomic mass is 16.5. The molecule has 0 spiro atoms. The fraction of sp³-hybridized carbons (Fsp3) is 0.450. The van der Waals surface area contributed by atoms with Gasteiger partial charge in [0, 0.05) is 18.8 Å². The van der Waals surface area contributed by atoms with Gasteiger partial charge in [-0.05, 0) is 56.9 Å². The molecule has 3 rings (SSSR count). The summed E-state index contributed by atoms with van der Waals surface area (Å²) in [4.78, 5) is 38.2. The molecule has 0 amide bonds. The summed E-state index contributed by atoms with van der Waals surface area (Å²) in [7, 11) is 0. The number of ether oxygens (including phenoxy) is 1. The van der Waals surface area contributed by atoms with E-state index >= 15 is 0 Å². The Kier molecular flexibility index (Phi) is 5.11. The lowest BCUT2D eigenvalue weighted by Crippen LogP contribution is -2.47. The van der Waals surface area contributed by atoms with E-state index in [4.69, 9.17) is 4.74 Å². The summed E-state index contributed by atoms with van der Waals surface area (Å²) in [6, 6.07) is 5.81. The highest BCUT2D eigenvalue weighted by Crippen LogP contribution is 2.29. The maximum absolute atomic E-state index is 12.2. The smallest absolute Gasteiger partial charge is 0.310 e. The number of hydrogen-bond donors (Lipinski definition) is 1. The van der Waals surface area contributed by atoms with Crippen molar-refractivity contribution in [1.29, 1.82) is 0 Å². The molecular weight excluding hydrogens is 332 g/mol. The topological polar surface area (TPSA) is 75.7 Å². The van der Waals surface area contributed by atoms with Crippen LogP contribution in [-0.2, 0) is 9.53 Å². The number of esters is 1. The lowest BCUT2D eigenvalue weighted by Gasteiger charge is -2.34. The van der Waals surface area contributed by atoms with Crippen molar-refractivity contribution in [1.82, 2.24) is 0 Å². The van der Waals surface area contributed by atoms with Crippen LogP contribution >= 0.6 is 0 Å². The number of rotatable bonds is 5. The van der Waals surface area contributed by atoms with Gasteiger partial charge in [0.1, 0.15) is 11.4 Å². The van der Waals surface area contributed by atoms with Gasteiger partial charge in [-0.2, -0.15) is 0 Å². The second-order valence-corrected chi connectivity index (χ2v) is 6.84. The van der Waals surface area contributed by atoms with Crippen molar-refractivity contribution < 1.29 is 9.53 Å². The maximum Gasteiger partial charge on any atom is 0.310 e. The van der Waals surface area contributed by atoms with Crippen molar-refractivity contribution in [2.75, 3.05) is 29.9 Å². The third-order valence-electron chi connectivity index (χ3n) is 5.02. The van der Waals surface area contributed by atoms with Crippen molar-refractivity contribution in [3.8, 4) is 0 Å². The molecule has 2 aromatic rings. The predicted octanol–water partition coefficient (Wildman–Crippen LogP) is 2.42. The summed E-state index contributed by atoms with van der Waals surface area (Å²) in [6.07, 6.45) is 1.52. The molecule has 1 heterocycles. The van der Waals surface area contributed by atoms with E-state index in [1.54, 1.807) is 6.92 Å². The second kappa shape index (κ2) is 7.32. The van der Waals surface area contributed by atoms with E-state index in [0.29, 0.717) is 31.1 Å². The van der Waals surface area contributed by atoms with Gasteiger partial charge in [-0.25, -0.2) is 0 Å². The van der Waals surface area contributed by atoms with E-state index in [-0.39, 0.29) is 11.9 Å². The summed E-state index contributed by atoms with van der Waals surface area (Å²) in [6.45, 7) is 7.20. The Balaban J connectivity index is 1.82. The van der Waals surface area contributed by atoms with Gasteiger partial charge < -0.3 is 15.0 Å². The van der Waals surface area contributed by atoms with Crippen LogP contribution < -0.4 is 21.1 Å². The van der Waals surface area contributed by atoms with Crippen molar-refractivity contribution >= 4 is 23.0 Å². The van der Waals surface area contributed by atoms with E-state index in [1.807, 2.05) is 36.9 Å². The molecule has 0 aromatic heterocycles. The van der Waals surface area contributed by atoms with Crippen molar-refractivity contribution in [2.45, 2.75) is 33.6 Å². The number of benzene rings is 1. The van der Waals surface area contributed by atoms with Gasteiger partial charge in [0.05, 0.1) is 12.5 Å². The number of carbonyl (C=O) groups excluding carboxylic acids is 1. The van der Waals surface area contributed by atoms with Gasteiger partial charge in [0.2, 0.25) is 0 Å². The van der Waals surface area contributed by atoms with E-state index in [0.717, 1.165) is 29.7 Å². The van der Waals surface area contributed by atoms with E-state index in [9.17, 15) is 14.4 Å². The van der Waals surface area contributed by atoms with Crippen molar-refractivity contribution in [3.05, 3.63) is 49.8 Å². The third kappa shape index (κ3) is 3.36. The van der Waals surface area contributed by atoms with Crippen molar-refractivity contribution in [3.63, 3.8) is 0 Å². The Hall–Kier alpha value is -2.63. The highest BCUT2D eigenvalue weighted by molar-refractivity contribution is 5.81. The number of carbonyl (C=O) groups is 1. The fourth-order valence-corrected chi connectivity index (χ4v) is 3.39. The quantitative estimate of drug-likeness (QED) is 0.655. The number of piperidine rings is 1. The molecule has 0 bridgehead atoms. The molecule has 1 aliphatic heterocycles. The summed E-state index contributed by atoms with van der Waals surface area (Å²) in [5, 5.41) is 3.09. The van der Waals surface area contributed by atoms with Crippen LogP contribution in [0.15, 0.2) is 27.8 Å². The molecule has 0 radical (unpaired) electrons. The van der Waals surface area contributed by atoms with Gasteiger partial charge in [0.15, 0.2) is 0 Å². The molecule has 1 fully saturated rings. The molecule has 0 saturated carbocycles. The molecule has 0 unspecified atom stereocenters. The fourth-order valence-electron chi connectivity index (χ4n) is 3.39. The Bertz CT molecular complexity index is 896. The third-order valence-corrected chi connectivity index (χ3v) is 5.02. The zero-order valence-electron chi connectivity index (χ0n) is 15.4. The minimum Gasteiger partial charge on any atom is -0.466 e. The van der Waals surface area contributed by atoms with E-state index in [2.05, 4.69) is 5.32 Å². The zero-order chi connectivity index (χ0) is 18.8. The molecule has 1 aliphatic rings. The van der Waals surface area contributed by atoms with Crippen LogP contribution in [-0.4, -0.2) is 25.7 Å². The van der Waals surface area contributed by atoms with Crippen LogP contribution in [0.25, 0.3) is 0 Å². The minimum atomic E-state index is -0.503. The predicted molar refractivity (Wildman–Crippen MR) is 102 cm³/mol. The highest BCUT2D eigenvalue weighted by Gasteiger charge is 2.33. The number of hydrogen-bond acceptors (Lipinski definition) is 6. The molecule has 1 atom stereocenters. The van der Waals surface area contributed by atoms with Gasteiger partial charge >= 0.3 is 5.97 Å². The van der Waals surface area contributed by atoms with E-state index < -0.39 is 10.9 Å². The van der Waals surface area contributed by atoms with Gasteiger partial charge in [-0.15, -0.1) is 0 Å². The standard InChI is InChI=1S/C20H24N2O4/c1-4-26-20(25)14-6-5-9-22(11-14)17-16(18(23)19(17)24)21-15-8-7-12(2)13(3)10-15/h7-8,10,14,21H,4-6,9,11H2,1-3H3/t14-/m1/s1. The molecular formula is C20H24N2O4. The first kappa shape index (κ1) is 18.2. The molecule has 1 saturated heterocycles. The lowest BCUT2D eigenvalue weighted by molar-refractivity contribution is -0.148. The van der Waals surface area contributed by atoms with Gasteiger partial charge in [-0.3, -0.25) is 14.4 Å². The SMILES string of the molecule is CCOC(=O)[C@@H]1CCCN(c2c(Nc3ccc(C)c(C)c3)c(=O)c2=O)C1. The zero-order valence-corrected chi connectivity index (χ0v) is 15.4. The lowest BCUT2D eigenvalue weighted by atomic mass is 9.96. The monoisotopic (exact) mass is 356 g/mol. The maximum atomic E-state index is 12.2. The molecule has 26 heavy (non-hydrogen) atoms. The van der Waals surface area contributed by atoms with Crippen molar-refractivity contribution in [2.24, 2.45) is 5.92 Å². The second-order valence-electron chi connectivity index (χ2n) is 6.84. The number of nitrogens with one attached hydrogen (secondary N) is 1. The van der Waals surface area contributed by atoms with Crippen LogP contribution in [0.2, 0.25) is 0 Å². The van der Waals surface area contributed by atoms with Crippen LogP contribution in [0.4, 0.5) is 17.1 Å². The largest absolute Gasteiger partial charge is 0.466 e. The number of aryl methyl sites for hydroxylation is 2. The van der Waals surface area contributed by atoms with Crippen LogP contribution in [0, 0.1) is 19.8 Å². The van der Waals surface area contributed by atoms with Gasteiger partial charge in [-0.1, -0.05) is 6.07 Å². The molecule has 2 aromatic carbocycles. The Labute approximate surface area is 152 Å². The summed E-state index contributed by atoms with van der Waals surface area (Å²) >= 11 is 0. The number of nitrogens with zero attached hydrogens (tertiary/aromatic N) is 1. The first-order chi connectivity index (χ1) is 12.4. The van der Waals surface area contributed by atoms with E-state index in [1.165, 1.54) is 0 Å². The molecule has 6 nitrogen and oxygen atoms in total. The Morgan fingerprint density at radius 2 is 2.00 bits per heavy atom. The Morgan fingerprint density at radius 1 is 1.23 bits per heavy atom. The van der Waals surface area contributed by atoms with Crippen LogP contribution in [0.3, 0.4) is 0 Å². The average Bonchev–Trinajstić information content (AvgIpc) is 2.64. The van der Waals surface area contributed by atoms with Gasteiger partial charge in [0.25, 0.3) is 10.9 Å². The minimum absolute atomic E-state index is 0.237. The Morgan fingerprint density at radius 3 is 2.69 bits per heavy atom. The molecule has 0 aliphatic carbocycles. The summed E-state index contributed by atoms with van der Waals surface area (Å²) < 4.78 is 5.11. The van der Waals surface area contributed by atoms with Crippen LogP contribution in [0.5, 0.6) is 0 Å².